The van der Waals surface area contributed by atoms with E-state index in [1.165, 1.54) is 77.1 Å². The fourth-order valence-corrected chi connectivity index (χ4v) is 10.7. The molecule has 9 aromatic rings. The maximum Gasteiger partial charge on any atom is 0.0689 e. The van der Waals surface area contributed by atoms with Gasteiger partial charge in [0.05, 0.1) is 11.3 Å². The molecular formula is C59H44N2S. The van der Waals surface area contributed by atoms with Crippen LogP contribution in [0.5, 0.6) is 0 Å². The number of hydrogen-bond acceptors (Lipinski definition) is 3. The number of rotatable bonds is 9. The number of thioether (sulfide) groups is 1. The molecule has 3 heteroatoms. The lowest BCUT2D eigenvalue weighted by atomic mass is 9.91. The van der Waals surface area contributed by atoms with E-state index in [2.05, 4.69) is 253 Å². The molecule has 0 radical (unpaired) electrons. The van der Waals surface area contributed by atoms with E-state index in [-0.39, 0.29) is 11.3 Å². The Morgan fingerprint density at radius 3 is 1.66 bits per heavy atom. The van der Waals surface area contributed by atoms with Crippen LogP contribution in [0, 0.1) is 6.92 Å². The molecule has 0 bridgehead atoms. The van der Waals surface area contributed by atoms with Crippen LogP contribution in [0.4, 0.5) is 28.4 Å². The monoisotopic (exact) mass is 812 g/mol. The van der Waals surface area contributed by atoms with Gasteiger partial charge in [0, 0.05) is 38.7 Å². The lowest BCUT2D eigenvalue weighted by Gasteiger charge is -2.38. The Bertz CT molecular complexity index is 3090. The Morgan fingerprint density at radius 1 is 0.435 bits per heavy atom. The minimum absolute atomic E-state index is 0.125. The molecule has 0 fully saturated rings. The van der Waals surface area contributed by atoms with Crippen molar-refractivity contribution in [2.75, 3.05) is 9.80 Å². The summed E-state index contributed by atoms with van der Waals surface area (Å²) < 4.78 is 0. The quantitative estimate of drug-likeness (QED) is 0.143. The van der Waals surface area contributed by atoms with Crippen LogP contribution in [0.15, 0.2) is 242 Å². The molecule has 2 atom stereocenters. The summed E-state index contributed by atoms with van der Waals surface area (Å²) in [7, 11) is 0. The van der Waals surface area contributed by atoms with Gasteiger partial charge in [0.15, 0.2) is 0 Å². The summed E-state index contributed by atoms with van der Waals surface area (Å²) in [5, 5.41) is 2.78. The molecule has 11 rings (SSSR count). The number of aryl methyl sites for hydroxylation is 1. The Morgan fingerprint density at radius 2 is 0.968 bits per heavy atom. The Labute approximate surface area is 368 Å². The van der Waals surface area contributed by atoms with E-state index in [0.29, 0.717) is 0 Å². The van der Waals surface area contributed by atoms with Gasteiger partial charge in [0.1, 0.15) is 0 Å². The Balaban J connectivity index is 0.908. The zero-order valence-corrected chi connectivity index (χ0v) is 35.3. The molecule has 2 unspecified atom stereocenters. The molecule has 2 nitrogen and oxygen atoms in total. The predicted octanol–water partition coefficient (Wildman–Crippen LogP) is 16.3. The zero-order chi connectivity index (χ0) is 41.4. The molecule has 0 saturated heterocycles. The van der Waals surface area contributed by atoms with Crippen molar-refractivity contribution >= 4 is 56.5 Å². The van der Waals surface area contributed by atoms with E-state index in [9.17, 15) is 0 Å². The summed E-state index contributed by atoms with van der Waals surface area (Å²) in [5.74, 6) is 0. The molecule has 0 amide bonds. The zero-order valence-electron chi connectivity index (χ0n) is 34.5. The number of para-hydroxylation sites is 1. The molecule has 2 aliphatic rings. The molecule has 0 saturated carbocycles. The normalized spacial score (nSPS) is 15.1. The van der Waals surface area contributed by atoms with Gasteiger partial charge < -0.3 is 9.80 Å². The van der Waals surface area contributed by atoms with Gasteiger partial charge in [0.25, 0.3) is 0 Å². The van der Waals surface area contributed by atoms with Gasteiger partial charge in [-0.05, 0) is 123 Å². The van der Waals surface area contributed by atoms with Crippen LogP contribution in [0.3, 0.4) is 0 Å². The number of nitrogens with zero attached hydrogens (tertiary/aromatic N) is 2. The summed E-state index contributed by atoms with van der Waals surface area (Å²) in [6.45, 7) is 2.27. The molecule has 9 aromatic carbocycles. The molecule has 1 aliphatic carbocycles. The topological polar surface area (TPSA) is 6.48 Å². The molecule has 0 aromatic heterocycles. The van der Waals surface area contributed by atoms with Crippen molar-refractivity contribution in [1.82, 2.24) is 0 Å². The highest BCUT2D eigenvalue weighted by Gasteiger charge is 2.38. The molecule has 296 valence electrons. The first-order chi connectivity index (χ1) is 30.7. The van der Waals surface area contributed by atoms with Crippen molar-refractivity contribution in [2.24, 2.45) is 0 Å². The maximum absolute atomic E-state index is 2.60. The molecule has 1 heterocycles. The number of allylic oxidation sites excluding steroid dienone is 2. The van der Waals surface area contributed by atoms with Crippen molar-refractivity contribution in [2.45, 2.75) is 23.1 Å². The third-order valence-corrected chi connectivity index (χ3v) is 13.8. The van der Waals surface area contributed by atoms with Crippen LogP contribution in [0.25, 0.3) is 49.7 Å². The van der Waals surface area contributed by atoms with Crippen molar-refractivity contribution < 1.29 is 0 Å². The van der Waals surface area contributed by atoms with Crippen molar-refractivity contribution in [3.05, 3.63) is 248 Å². The molecule has 0 spiro atoms. The second-order valence-electron chi connectivity index (χ2n) is 16.1. The third kappa shape index (κ3) is 7.01. The minimum atomic E-state index is 0.125. The highest BCUT2D eigenvalue weighted by molar-refractivity contribution is 8.01. The number of fused-ring (bicyclic) bond motifs is 4. The minimum Gasteiger partial charge on any atom is -0.332 e. The van der Waals surface area contributed by atoms with E-state index >= 15 is 0 Å². The van der Waals surface area contributed by atoms with Crippen LogP contribution in [-0.2, 0) is 0 Å². The molecular weight excluding hydrogens is 769 g/mol. The average Bonchev–Trinajstić information content (AvgIpc) is 3.73. The van der Waals surface area contributed by atoms with Crippen LogP contribution < -0.4 is 9.80 Å². The first kappa shape index (κ1) is 37.7. The van der Waals surface area contributed by atoms with Gasteiger partial charge in [-0.25, -0.2) is 0 Å². The number of anilines is 5. The maximum atomic E-state index is 2.60. The van der Waals surface area contributed by atoms with Gasteiger partial charge in [-0.3, -0.25) is 0 Å². The standard InChI is InChI=1S/C59H44N2S/c1-41-40-48(34-39-55(41)61(56-23-12-17-47-16-8-9-20-52(47)56)57-24-13-22-54-53-21-10-11-25-58(53)62-59(54)57)46-32-37-51(38-33-46)60(49-18-6-3-7-19-49)50-35-30-45(31-36-50)44-28-26-43(27-29-44)42-14-4-2-5-15-42/h2-40,57,59H,1H3. The fraction of sp³-hybridized carbons (Fsp3) is 0.0508. The van der Waals surface area contributed by atoms with E-state index in [1.807, 2.05) is 11.8 Å². The Kier molecular flexibility index (Phi) is 9.88. The van der Waals surface area contributed by atoms with Gasteiger partial charge in [-0.15, -0.1) is 11.8 Å². The molecule has 62 heavy (non-hydrogen) atoms. The molecule has 1 aliphatic heterocycles. The van der Waals surface area contributed by atoms with E-state index in [4.69, 9.17) is 0 Å². The lowest BCUT2D eigenvalue weighted by molar-refractivity contribution is 0.813. The molecule has 0 N–H and O–H groups in total. The van der Waals surface area contributed by atoms with Gasteiger partial charge in [0.2, 0.25) is 0 Å². The van der Waals surface area contributed by atoms with E-state index < -0.39 is 0 Å². The average molecular weight is 813 g/mol. The van der Waals surface area contributed by atoms with Crippen molar-refractivity contribution in [3.8, 4) is 33.4 Å². The van der Waals surface area contributed by atoms with Crippen LogP contribution in [0.1, 0.15) is 11.1 Å². The largest absolute Gasteiger partial charge is 0.332 e. The van der Waals surface area contributed by atoms with Crippen molar-refractivity contribution in [1.29, 1.82) is 0 Å². The summed E-state index contributed by atoms with van der Waals surface area (Å²) >= 11 is 1.99. The predicted molar refractivity (Wildman–Crippen MR) is 265 cm³/mol. The van der Waals surface area contributed by atoms with Crippen LogP contribution >= 0.6 is 11.8 Å². The first-order valence-corrected chi connectivity index (χ1v) is 22.3. The van der Waals surface area contributed by atoms with Crippen LogP contribution in [-0.4, -0.2) is 11.3 Å². The summed E-state index contributed by atoms with van der Waals surface area (Å²) in [4.78, 5) is 6.29. The Hall–Kier alpha value is -7.33. The lowest BCUT2D eigenvalue weighted by Crippen LogP contribution is -2.39. The SMILES string of the molecule is Cc1cc(-c2ccc(N(c3ccccc3)c3ccc(-c4ccc(-c5ccccc5)cc4)cc3)cc2)ccc1N(c1cccc2ccccc12)C1C=CC=C2c3ccccc3SC21. The highest BCUT2D eigenvalue weighted by atomic mass is 32.2. The van der Waals surface area contributed by atoms with Gasteiger partial charge in [-0.1, -0.05) is 176 Å². The van der Waals surface area contributed by atoms with Gasteiger partial charge in [-0.2, -0.15) is 0 Å². The highest BCUT2D eigenvalue weighted by Crippen LogP contribution is 2.51. The fourth-order valence-electron chi connectivity index (χ4n) is 9.29. The van der Waals surface area contributed by atoms with Crippen LogP contribution in [0.2, 0.25) is 0 Å². The van der Waals surface area contributed by atoms with E-state index in [0.717, 1.165) is 17.1 Å². The van der Waals surface area contributed by atoms with E-state index in [1.54, 1.807) is 0 Å². The second-order valence-corrected chi connectivity index (χ2v) is 17.3. The second kappa shape index (κ2) is 16.3. The smallest absolute Gasteiger partial charge is 0.0689 e. The third-order valence-electron chi connectivity index (χ3n) is 12.4. The summed E-state index contributed by atoms with van der Waals surface area (Å²) in [6, 6.07) is 79.5. The number of hydrogen-bond donors (Lipinski definition) is 0. The summed E-state index contributed by atoms with van der Waals surface area (Å²) in [5.41, 5.74) is 17.0. The van der Waals surface area contributed by atoms with Gasteiger partial charge >= 0.3 is 0 Å². The van der Waals surface area contributed by atoms with Crippen molar-refractivity contribution in [3.63, 3.8) is 0 Å². The number of benzene rings is 9. The first-order valence-electron chi connectivity index (χ1n) is 21.4. The summed E-state index contributed by atoms with van der Waals surface area (Å²) in [6.07, 6.45) is 6.98.